The molecule has 14 heavy (non-hydrogen) atoms. The van der Waals surface area contributed by atoms with Gasteiger partial charge in [0.05, 0.1) is 12.7 Å². The van der Waals surface area contributed by atoms with Crippen LogP contribution in [0.25, 0.3) is 0 Å². The highest BCUT2D eigenvalue weighted by molar-refractivity contribution is 5.91. The average molecular weight is 190 g/mol. The van der Waals surface area contributed by atoms with Gasteiger partial charge >= 0.3 is 5.97 Å². The maximum atomic E-state index is 11.1. The van der Waals surface area contributed by atoms with Crippen molar-refractivity contribution in [2.45, 2.75) is 0 Å². The van der Waals surface area contributed by atoms with Gasteiger partial charge in [-0.15, -0.1) is 0 Å². The van der Waals surface area contributed by atoms with E-state index in [9.17, 15) is 9.59 Å². The Hall–Kier alpha value is -2.22. The molecule has 0 bridgehead atoms. The first kappa shape index (κ1) is 9.86. The Balaban J connectivity index is 3.25. The first-order valence-corrected chi connectivity index (χ1v) is 3.67. The van der Waals surface area contributed by atoms with Gasteiger partial charge in [0.1, 0.15) is 17.5 Å². The summed E-state index contributed by atoms with van der Waals surface area (Å²) in [6.07, 6.45) is 0.466. The minimum Gasteiger partial charge on any atom is -0.465 e. The van der Waals surface area contributed by atoms with Crippen molar-refractivity contribution >= 4 is 12.3 Å². The Labute approximate surface area is 79.9 Å². The minimum atomic E-state index is -0.605. The summed E-state index contributed by atoms with van der Waals surface area (Å²) >= 11 is 0. The molecule has 0 spiro atoms. The molecule has 0 saturated heterocycles. The lowest BCUT2D eigenvalue weighted by Gasteiger charge is -1.99. The number of hydrogen-bond donors (Lipinski definition) is 0. The fraction of sp³-hybridized carbons (Fsp3) is 0.111. The van der Waals surface area contributed by atoms with Crippen molar-refractivity contribution in [3.05, 3.63) is 29.1 Å². The Bertz CT molecular complexity index is 421. The van der Waals surface area contributed by atoms with Crippen LogP contribution < -0.4 is 0 Å². The minimum absolute atomic E-state index is 0.00926. The number of ether oxygens (including phenoxy) is 1. The van der Waals surface area contributed by atoms with Crippen LogP contribution in [0.5, 0.6) is 0 Å². The maximum Gasteiger partial charge on any atom is 0.338 e. The van der Waals surface area contributed by atoms with E-state index in [4.69, 9.17) is 5.26 Å². The Morgan fingerprint density at radius 2 is 2.36 bits per heavy atom. The number of aldehydes is 1. The van der Waals surface area contributed by atoms with Crippen molar-refractivity contribution in [3.63, 3.8) is 0 Å². The highest BCUT2D eigenvalue weighted by Gasteiger charge is 2.09. The molecule has 0 radical (unpaired) electrons. The second-order valence-corrected chi connectivity index (χ2v) is 2.39. The van der Waals surface area contributed by atoms with E-state index in [1.54, 1.807) is 6.07 Å². The third-order valence-electron chi connectivity index (χ3n) is 1.50. The summed E-state index contributed by atoms with van der Waals surface area (Å²) in [4.78, 5) is 25.1. The summed E-state index contributed by atoms with van der Waals surface area (Å²) in [5.74, 6) is -0.605. The van der Waals surface area contributed by atoms with Gasteiger partial charge in [0.15, 0.2) is 6.29 Å². The first-order chi connectivity index (χ1) is 6.71. The summed E-state index contributed by atoms with van der Waals surface area (Å²) in [5, 5.41) is 8.56. The zero-order valence-electron chi connectivity index (χ0n) is 7.35. The van der Waals surface area contributed by atoms with Crippen LogP contribution in [-0.2, 0) is 4.74 Å². The smallest absolute Gasteiger partial charge is 0.338 e. The van der Waals surface area contributed by atoms with E-state index in [1.165, 1.54) is 19.2 Å². The molecule has 0 amide bonds. The molecule has 70 valence electrons. The molecule has 0 aliphatic carbocycles. The Kier molecular flexibility index (Phi) is 2.92. The number of methoxy groups -OCH3 is 1. The molecule has 1 rings (SSSR count). The summed E-state index contributed by atoms with van der Waals surface area (Å²) in [5.41, 5.74) is 0.181. The predicted molar refractivity (Wildman–Crippen MR) is 45.7 cm³/mol. The quantitative estimate of drug-likeness (QED) is 0.502. The number of esters is 1. The highest BCUT2D eigenvalue weighted by atomic mass is 16.5. The predicted octanol–water partition coefficient (Wildman–Crippen LogP) is 0.552. The fourth-order valence-corrected chi connectivity index (χ4v) is 0.905. The van der Waals surface area contributed by atoms with Gasteiger partial charge in [-0.3, -0.25) is 4.79 Å². The topological polar surface area (TPSA) is 80.1 Å². The third-order valence-corrected chi connectivity index (χ3v) is 1.50. The van der Waals surface area contributed by atoms with E-state index in [1.807, 2.05) is 0 Å². The number of carbonyl (C=O) groups is 2. The number of nitriles is 1. The van der Waals surface area contributed by atoms with Gasteiger partial charge in [0.25, 0.3) is 0 Å². The molecular weight excluding hydrogens is 184 g/mol. The van der Waals surface area contributed by atoms with Crippen molar-refractivity contribution in [1.29, 1.82) is 5.26 Å². The molecular formula is C9H6N2O3. The van der Waals surface area contributed by atoms with E-state index in [-0.39, 0.29) is 17.0 Å². The highest BCUT2D eigenvalue weighted by Crippen LogP contribution is 2.05. The zero-order chi connectivity index (χ0) is 10.6. The van der Waals surface area contributed by atoms with Crippen LogP contribution in [0.2, 0.25) is 0 Å². The van der Waals surface area contributed by atoms with Crippen molar-refractivity contribution in [2.24, 2.45) is 0 Å². The van der Waals surface area contributed by atoms with Crippen LogP contribution in [-0.4, -0.2) is 24.3 Å². The van der Waals surface area contributed by atoms with Crippen LogP contribution in [0, 0.1) is 11.3 Å². The molecule has 1 aromatic heterocycles. The van der Waals surface area contributed by atoms with E-state index in [0.717, 1.165) is 0 Å². The maximum absolute atomic E-state index is 11.1. The van der Waals surface area contributed by atoms with Crippen molar-refractivity contribution in [2.75, 3.05) is 7.11 Å². The van der Waals surface area contributed by atoms with Gasteiger partial charge in [-0.2, -0.15) is 5.26 Å². The van der Waals surface area contributed by atoms with Crippen LogP contribution in [0.1, 0.15) is 26.5 Å². The molecule has 0 N–H and O–H groups in total. The molecule has 5 heteroatoms. The summed E-state index contributed by atoms with van der Waals surface area (Å²) in [6, 6.07) is 4.27. The Morgan fingerprint density at radius 1 is 1.64 bits per heavy atom. The van der Waals surface area contributed by atoms with Crippen LogP contribution in [0.15, 0.2) is 12.1 Å². The van der Waals surface area contributed by atoms with Gasteiger partial charge in [-0.1, -0.05) is 0 Å². The standard InChI is InChI=1S/C9H6N2O3/c1-14-9(13)6-2-7(4-10)11-8(3-6)5-12/h2-3,5H,1H3. The second kappa shape index (κ2) is 4.14. The zero-order valence-corrected chi connectivity index (χ0v) is 7.35. The van der Waals surface area contributed by atoms with Crippen LogP contribution in [0.3, 0.4) is 0 Å². The van der Waals surface area contributed by atoms with Crippen molar-refractivity contribution < 1.29 is 14.3 Å². The van der Waals surface area contributed by atoms with Gasteiger partial charge in [-0.05, 0) is 12.1 Å². The number of carbonyl (C=O) groups excluding carboxylic acids is 2. The molecule has 1 aromatic rings. The third kappa shape index (κ3) is 1.93. The fourth-order valence-electron chi connectivity index (χ4n) is 0.905. The van der Waals surface area contributed by atoms with Crippen LogP contribution in [0.4, 0.5) is 0 Å². The van der Waals surface area contributed by atoms with E-state index in [2.05, 4.69) is 9.72 Å². The van der Waals surface area contributed by atoms with E-state index >= 15 is 0 Å². The number of rotatable bonds is 2. The lowest BCUT2D eigenvalue weighted by Crippen LogP contribution is -2.04. The van der Waals surface area contributed by atoms with Crippen molar-refractivity contribution in [3.8, 4) is 6.07 Å². The number of nitrogens with zero attached hydrogens (tertiary/aromatic N) is 2. The average Bonchev–Trinajstić information content (AvgIpc) is 2.27. The molecule has 0 aliphatic heterocycles. The largest absolute Gasteiger partial charge is 0.465 e. The van der Waals surface area contributed by atoms with Gasteiger partial charge in [-0.25, -0.2) is 9.78 Å². The molecule has 0 atom stereocenters. The van der Waals surface area contributed by atoms with Gasteiger partial charge in [0.2, 0.25) is 0 Å². The SMILES string of the molecule is COC(=O)c1cc(C#N)nc(C=O)c1. The first-order valence-electron chi connectivity index (χ1n) is 3.67. The molecule has 1 heterocycles. The van der Waals surface area contributed by atoms with Gasteiger partial charge in [0, 0.05) is 0 Å². The second-order valence-electron chi connectivity index (χ2n) is 2.39. The molecule has 0 saturated carbocycles. The summed E-state index contributed by atoms with van der Waals surface area (Å²) in [6.45, 7) is 0. The molecule has 5 nitrogen and oxygen atoms in total. The van der Waals surface area contributed by atoms with E-state index in [0.29, 0.717) is 6.29 Å². The molecule has 0 unspecified atom stereocenters. The normalized spacial score (nSPS) is 8.86. The lowest BCUT2D eigenvalue weighted by atomic mass is 10.2. The molecule has 0 aromatic carbocycles. The lowest BCUT2D eigenvalue weighted by molar-refractivity contribution is 0.0600. The van der Waals surface area contributed by atoms with Crippen molar-refractivity contribution in [1.82, 2.24) is 4.98 Å². The molecule has 0 fully saturated rings. The number of aromatic nitrogens is 1. The monoisotopic (exact) mass is 190 g/mol. The summed E-state index contributed by atoms with van der Waals surface area (Å²) in [7, 11) is 1.22. The van der Waals surface area contributed by atoms with Gasteiger partial charge < -0.3 is 4.74 Å². The van der Waals surface area contributed by atoms with Crippen LogP contribution >= 0.6 is 0 Å². The Morgan fingerprint density at radius 3 is 2.86 bits per heavy atom. The summed E-state index contributed by atoms with van der Waals surface area (Å²) < 4.78 is 4.44. The molecule has 0 aliphatic rings. The number of pyridine rings is 1. The number of hydrogen-bond acceptors (Lipinski definition) is 5. The van der Waals surface area contributed by atoms with E-state index < -0.39 is 5.97 Å².